The summed E-state index contributed by atoms with van der Waals surface area (Å²) in [4.78, 5) is 26.7. The molecule has 2 fully saturated rings. The lowest BCUT2D eigenvalue weighted by molar-refractivity contribution is -0.154. The van der Waals surface area contributed by atoms with E-state index in [-0.39, 0.29) is 17.9 Å². The van der Waals surface area contributed by atoms with Crippen molar-refractivity contribution in [3.05, 3.63) is 0 Å². The molecule has 2 rings (SSSR count). The molecule has 2 aliphatic rings. The van der Waals surface area contributed by atoms with Crippen molar-refractivity contribution in [3.63, 3.8) is 0 Å². The van der Waals surface area contributed by atoms with E-state index in [2.05, 4.69) is 12.2 Å². The van der Waals surface area contributed by atoms with Gasteiger partial charge in [0.2, 0.25) is 11.8 Å². The van der Waals surface area contributed by atoms with Crippen molar-refractivity contribution < 1.29 is 9.59 Å². The largest absolute Gasteiger partial charge is 0.340 e. The molecule has 2 amide bonds. The maximum atomic E-state index is 12.6. The summed E-state index contributed by atoms with van der Waals surface area (Å²) in [5.41, 5.74) is -0.761. The number of piperazine rings is 1. The van der Waals surface area contributed by atoms with E-state index in [9.17, 15) is 9.59 Å². The predicted octanol–water partition coefficient (Wildman–Crippen LogP) is 2.33. The summed E-state index contributed by atoms with van der Waals surface area (Å²) in [6.45, 7) is 8.62. The second-order valence-corrected chi connectivity index (χ2v) is 7.13. The van der Waals surface area contributed by atoms with Gasteiger partial charge in [-0.25, -0.2) is 0 Å². The lowest BCUT2D eigenvalue weighted by Crippen LogP contribution is -2.68. The Bertz CT molecular complexity index is 392. The highest BCUT2D eigenvalue weighted by molar-refractivity contribution is 5.99. The topological polar surface area (TPSA) is 49.4 Å². The van der Waals surface area contributed by atoms with Gasteiger partial charge >= 0.3 is 0 Å². The van der Waals surface area contributed by atoms with Gasteiger partial charge in [-0.15, -0.1) is 0 Å². The summed E-state index contributed by atoms with van der Waals surface area (Å²) in [6, 6.07) is -0.284. The van der Waals surface area contributed by atoms with E-state index in [1.54, 1.807) is 13.8 Å². The molecule has 0 bridgehead atoms. The highest BCUT2D eigenvalue weighted by Gasteiger charge is 2.45. The van der Waals surface area contributed by atoms with Crippen LogP contribution in [-0.2, 0) is 9.59 Å². The minimum Gasteiger partial charge on any atom is -0.340 e. The summed E-state index contributed by atoms with van der Waals surface area (Å²) in [5, 5.41) is 2.85. The van der Waals surface area contributed by atoms with Gasteiger partial charge in [0.15, 0.2) is 0 Å². The van der Waals surface area contributed by atoms with Crippen molar-refractivity contribution in [1.29, 1.82) is 0 Å². The standard InChI is InChI=1S/C16H28N2O2/c1-5-13-14(19)17-16(3,4)15(20)18(13)10-12-8-6-7-11(2)9-12/h11-13H,5-10H2,1-4H3,(H,17,19). The molecule has 1 saturated heterocycles. The molecule has 1 aliphatic heterocycles. The van der Waals surface area contributed by atoms with Crippen LogP contribution in [0, 0.1) is 11.8 Å². The fourth-order valence-electron chi connectivity index (χ4n) is 3.71. The highest BCUT2D eigenvalue weighted by Crippen LogP contribution is 2.31. The van der Waals surface area contributed by atoms with Crippen LogP contribution in [0.15, 0.2) is 0 Å². The van der Waals surface area contributed by atoms with Crippen molar-refractivity contribution in [3.8, 4) is 0 Å². The molecular formula is C16H28N2O2. The zero-order valence-corrected chi connectivity index (χ0v) is 13.2. The molecule has 1 heterocycles. The number of rotatable bonds is 3. The molecule has 1 saturated carbocycles. The van der Waals surface area contributed by atoms with Gasteiger partial charge in [0, 0.05) is 6.54 Å². The Hall–Kier alpha value is -1.06. The first kappa shape index (κ1) is 15.3. The van der Waals surface area contributed by atoms with Crippen molar-refractivity contribution in [1.82, 2.24) is 10.2 Å². The molecule has 0 aromatic carbocycles. The van der Waals surface area contributed by atoms with E-state index < -0.39 is 5.54 Å². The SMILES string of the molecule is CCC1C(=O)NC(C)(C)C(=O)N1CC1CCCC(C)C1. The fraction of sp³-hybridized carbons (Fsp3) is 0.875. The lowest BCUT2D eigenvalue weighted by Gasteiger charge is -2.44. The molecule has 0 aromatic rings. The number of nitrogens with one attached hydrogen (secondary N) is 1. The third-order valence-corrected chi connectivity index (χ3v) is 4.80. The molecule has 1 aliphatic carbocycles. The maximum Gasteiger partial charge on any atom is 0.248 e. The average molecular weight is 280 g/mol. The highest BCUT2D eigenvalue weighted by atomic mass is 16.2. The summed E-state index contributed by atoms with van der Waals surface area (Å²) in [5.74, 6) is 1.37. The van der Waals surface area contributed by atoms with Crippen LogP contribution in [0.4, 0.5) is 0 Å². The van der Waals surface area contributed by atoms with E-state index >= 15 is 0 Å². The normalized spacial score (nSPS) is 34.0. The minimum atomic E-state index is -0.761. The van der Waals surface area contributed by atoms with Crippen LogP contribution in [0.3, 0.4) is 0 Å². The molecule has 3 atom stereocenters. The van der Waals surface area contributed by atoms with E-state index in [4.69, 9.17) is 0 Å². The van der Waals surface area contributed by atoms with Gasteiger partial charge in [0.1, 0.15) is 11.6 Å². The minimum absolute atomic E-state index is 0.000887. The van der Waals surface area contributed by atoms with E-state index in [1.807, 2.05) is 11.8 Å². The number of carbonyl (C=O) groups excluding carboxylic acids is 2. The second-order valence-electron chi connectivity index (χ2n) is 7.13. The van der Waals surface area contributed by atoms with Gasteiger partial charge in [0.25, 0.3) is 0 Å². The smallest absolute Gasteiger partial charge is 0.248 e. The molecule has 0 radical (unpaired) electrons. The maximum absolute atomic E-state index is 12.6. The summed E-state index contributed by atoms with van der Waals surface area (Å²) in [6.07, 6.45) is 5.61. The van der Waals surface area contributed by atoms with E-state index in [1.165, 1.54) is 25.7 Å². The zero-order chi connectivity index (χ0) is 14.9. The van der Waals surface area contributed by atoms with Crippen LogP contribution >= 0.6 is 0 Å². The molecule has 4 heteroatoms. The molecule has 20 heavy (non-hydrogen) atoms. The monoisotopic (exact) mass is 280 g/mol. The molecule has 4 nitrogen and oxygen atoms in total. The Kier molecular flexibility index (Phi) is 4.40. The second kappa shape index (κ2) is 5.74. The van der Waals surface area contributed by atoms with Gasteiger partial charge in [0.05, 0.1) is 0 Å². The summed E-state index contributed by atoms with van der Waals surface area (Å²) < 4.78 is 0. The van der Waals surface area contributed by atoms with Gasteiger partial charge in [-0.2, -0.15) is 0 Å². The van der Waals surface area contributed by atoms with Crippen LogP contribution in [-0.4, -0.2) is 34.8 Å². The van der Waals surface area contributed by atoms with Crippen molar-refractivity contribution >= 4 is 11.8 Å². The van der Waals surface area contributed by atoms with Gasteiger partial charge in [-0.1, -0.05) is 26.7 Å². The number of hydrogen-bond donors (Lipinski definition) is 1. The van der Waals surface area contributed by atoms with Gasteiger partial charge in [-0.3, -0.25) is 9.59 Å². The molecule has 0 spiro atoms. The quantitative estimate of drug-likeness (QED) is 0.862. The third kappa shape index (κ3) is 2.99. The van der Waals surface area contributed by atoms with Crippen molar-refractivity contribution in [2.75, 3.05) is 6.54 Å². The zero-order valence-electron chi connectivity index (χ0n) is 13.2. The summed E-state index contributed by atoms with van der Waals surface area (Å²) in [7, 11) is 0. The number of carbonyl (C=O) groups is 2. The Morgan fingerprint density at radius 2 is 2.00 bits per heavy atom. The molecule has 114 valence electrons. The first-order valence-electron chi connectivity index (χ1n) is 7.98. The van der Waals surface area contributed by atoms with E-state index in [0.717, 1.165) is 12.5 Å². The van der Waals surface area contributed by atoms with Crippen LogP contribution < -0.4 is 5.32 Å². The Morgan fingerprint density at radius 1 is 1.30 bits per heavy atom. The molecule has 1 N–H and O–H groups in total. The average Bonchev–Trinajstić information content (AvgIpc) is 2.35. The molecular weight excluding hydrogens is 252 g/mol. The van der Waals surface area contributed by atoms with Crippen LogP contribution in [0.2, 0.25) is 0 Å². The van der Waals surface area contributed by atoms with E-state index in [0.29, 0.717) is 12.3 Å². The Balaban J connectivity index is 2.12. The summed E-state index contributed by atoms with van der Waals surface area (Å²) >= 11 is 0. The lowest BCUT2D eigenvalue weighted by atomic mass is 9.81. The van der Waals surface area contributed by atoms with Crippen molar-refractivity contribution in [2.24, 2.45) is 11.8 Å². The van der Waals surface area contributed by atoms with Crippen LogP contribution in [0.25, 0.3) is 0 Å². The number of amides is 2. The van der Waals surface area contributed by atoms with Gasteiger partial charge < -0.3 is 10.2 Å². The molecule has 0 aromatic heterocycles. The third-order valence-electron chi connectivity index (χ3n) is 4.80. The Morgan fingerprint density at radius 3 is 2.60 bits per heavy atom. The first-order chi connectivity index (χ1) is 9.35. The van der Waals surface area contributed by atoms with Crippen LogP contribution in [0.1, 0.15) is 59.8 Å². The number of hydrogen-bond acceptors (Lipinski definition) is 2. The van der Waals surface area contributed by atoms with Gasteiger partial charge in [-0.05, 0) is 44.9 Å². The predicted molar refractivity (Wildman–Crippen MR) is 79.1 cm³/mol. The van der Waals surface area contributed by atoms with Crippen LogP contribution in [0.5, 0.6) is 0 Å². The number of nitrogens with zero attached hydrogens (tertiary/aromatic N) is 1. The first-order valence-corrected chi connectivity index (χ1v) is 7.98. The Labute approximate surface area is 122 Å². The van der Waals surface area contributed by atoms with Crippen molar-refractivity contribution in [2.45, 2.75) is 71.4 Å². The molecule has 3 unspecified atom stereocenters. The fourth-order valence-corrected chi connectivity index (χ4v) is 3.71.